The molecule has 0 saturated heterocycles. The predicted molar refractivity (Wildman–Crippen MR) is 78.2 cm³/mol. The fourth-order valence-electron chi connectivity index (χ4n) is 3.21. The molecule has 0 radical (unpaired) electrons. The normalized spacial score (nSPS) is 26.6. The van der Waals surface area contributed by atoms with Crippen molar-refractivity contribution in [1.82, 2.24) is 9.88 Å². The minimum absolute atomic E-state index is 0.128. The SMILES string of the molecule is CCN(Cc1ccccn1)C1CC(C)CCC1C(=O)O. The van der Waals surface area contributed by atoms with Crippen molar-refractivity contribution in [2.24, 2.45) is 11.8 Å². The molecule has 110 valence electrons. The van der Waals surface area contributed by atoms with Crippen molar-refractivity contribution in [2.45, 2.75) is 45.7 Å². The largest absolute Gasteiger partial charge is 0.481 e. The molecule has 4 heteroatoms. The molecule has 0 spiro atoms. The first kappa shape index (κ1) is 15.0. The summed E-state index contributed by atoms with van der Waals surface area (Å²) in [6.07, 6.45) is 4.58. The standard InChI is InChI=1S/C16H24N2O2/c1-3-18(11-13-6-4-5-9-17-13)15-10-12(2)7-8-14(15)16(19)20/h4-6,9,12,14-15H,3,7-8,10-11H2,1-2H3,(H,19,20). The van der Waals surface area contributed by atoms with Gasteiger partial charge in [0.15, 0.2) is 0 Å². The smallest absolute Gasteiger partial charge is 0.308 e. The van der Waals surface area contributed by atoms with Gasteiger partial charge in [0.25, 0.3) is 0 Å². The number of hydrogen-bond donors (Lipinski definition) is 1. The van der Waals surface area contributed by atoms with E-state index in [1.807, 2.05) is 18.2 Å². The maximum atomic E-state index is 11.5. The lowest BCUT2D eigenvalue weighted by Gasteiger charge is -2.39. The fourth-order valence-corrected chi connectivity index (χ4v) is 3.21. The summed E-state index contributed by atoms with van der Waals surface area (Å²) in [4.78, 5) is 18.1. The van der Waals surface area contributed by atoms with Crippen molar-refractivity contribution in [3.63, 3.8) is 0 Å². The van der Waals surface area contributed by atoms with Crippen molar-refractivity contribution in [1.29, 1.82) is 0 Å². The van der Waals surface area contributed by atoms with Crippen LogP contribution in [0.15, 0.2) is 24.4 Å². The van der Waals surface area contributed by atoms with Gasteiger partial charge in [0.05, 0.1) is 11.6 Å². The molecule has 0 bridgehead atoms. The molecule has 0 aromatic carbocycles. The third-order valence-electron chi connectivity index (χ3n) is 4.36. The van der Waals surface area contributed by atoms with E-state index in [1.54, 1.807) is 6.20 Å². The first-order valence-corrected chi connectivity index (χ1v) is 7.48. The van der Waals surface area contributed by atoms with Crippen LogP contribution in [0.1, 0.15) is 38.8 Å². The minimum Gasteiger partial charge on any atom is -0.481 e. The maximum Gasteiger partial charge on any atom is 0.308 e. The van der Waals surface area contributed by atoms with Gasteiger partial charge in [-0.2, -0.15) is 0 Å². The molecule has 1 aromatic rings. The molecule has 20 heavy (non-hydrogen) atoms. The summed E-state index contributed by atoms with van der Waals surface area (Å²) in [7, 11) is 0. The van der Waals surface area contributed by atoms with E-state index in [0.29, 0.717) is 5.92 Å². The van der Waals surface area contributed by atoms with Gasteiger partial charge in [-0.15, -0.1) is 0 Å². The van der Waals surface area contributed by atoms with Crippen molar-refractivity contribution >= 4 is 5.97 Å². The van der Waals surface area contributed by atoms with Gasteiger partial charge in [-0.05, 0) is 43.9 Å². The average Bonchev–Trinajstić information content (AvgIpc) is 2.45. The first-order valence-electron chi connectivity index (χ1n) is 7.48. The Kier molecular flexibility index (Phi) is 5.12. The summed E-state index contributed by atoms with van der Waals surface area (Å²) in [6.45, 7) is 5.91. The van der Waals surface area contributed by atoms with E-state index in [-0.39, 0.29) is 12.0 Å². The van der Waals surface area contributed by atoms with E-state index in [2.05, 4.69) is 23.7 Å². The molecule has 0 amide bonds. The second-order valence-corrected chi connectivity index (χ2v) is 5.81. The summed E-state index contributed by atoms with van der Waals surface area (Å²) in [5, 5.41) is 9.46. The highest BCUT2D eigenvalue weighted by Crippen LogP contribution is 2.33. The lowest BCUT2D eigenvalue weighted by atomic mass is 9.78. The highest BCUT2D eigenvalue weighted by atomic mass is 16.4. The average molecular weight is 276 g/mol. The number of carboxylic acids is 1. The van der Waals surface area contributed by atoms with E-state index >= 15 is 0 Å². The Morgan fingerprint density at radius 3 is 2.85 bits per heavy atom. The van der Waals surface area contributed by atoms with Gasteiger partial charge in [0, 0.05) is 18.8 Å². The molecule has 3 atom stereocenters. The topological polar surface area (TPSA) is 53.4 Å². The van der Waals surface area contributed by atoms with Crippen LogP contribution in [0, 0.1) is 11.8 Å². The van der Waals surface area contributed by atoms with E-state index in [1.165, 1.54) is 0 Å². The first-order chi connectivity index (χ1) is 9.61. The number of carboxylic acid groups (broad SMARTS) is 1. The summed E-state index contributed by atoms with van der Waals surface area (Å²) in [5.41, 5.74) is 1.01. The van der Waals surface area contributed by atoms with Crippen LogP contribution in [0.2, 0.25) is 0 Å². The van der Waals surface area contributed by atoms with E-state index in [9.17, 15) is 9.90 Å². The van der Waals surface area contributed by atoms with Gasteiger partial charge in [0.1, 0.15) is 0 Å². The number of carbonyl (C=O) groups is 1. The molecule has 1 heterocycles. The Bertz CT molecular complexity index is 435. The van der Waals surface area contributed by atoms with Crippen LogP contribution in [0.4, 0.5) is 0 Å². The van der Waals surface area contributed by atoms with E-state index in [0.717, 1.165) is 38.0 Å². The molecule has 4 nitrogen and oxygen atoms in total. The minimum atomic E-state index is -0.652. The highest BCUT2D eigenvalue weighted by molar-refractivity contribution is 5.71. The summed E-state index contributed by atoms with van der Waals surface area (Å²) >= 11 is 0. The monoisotopic (exact) mass is 276 g/mol. The Morgan fingerprint density at radius 1 is 1.45 bits per heavy atom. The molecular formula is C16H24N2O2. The van der Waals surface area contributed by atoms with Crippen molar-refractivity contribution in [3.8, 4) is 0 Å². The zero-order chi connectivity index (χ0) is 14.5. The number of rotatable bonds is 5. The zero-order valence-electron chi connectivity index (χ0n) is 12.3. The number of nitrogens with zero attached hydrogens (tertiary/aromatic N) is 2. The summed E-state index contributed by atoms with van der Waals surface area (Å²) in [5.74, 6) is -0.287. The Hall–Kier alpha value is -1.42. The summed E-state index contributed by atoms with van der Waals surface area (Å²) in [6, 6.07) is 6.02. The third-order valence-corrected chi connectivity index (χ3v) is 4.36. The van der Waals surface area contributed by atoms with Gasteiger partial charge >= 0.3 is 5.97 Å². The molecule has 1 N–H and O–H groups in total. The van der Waals surface area contributed by atoms with Crippen molar-refractivity contribution in [3.05, 3.63) is 30.1 Å². The summed E-state index contributed by atoms with van der Waals surface area (Å²) < 4.78 is 0. The van der Waals surface area contributed by atoms with E-state index < -0.39 is 5.97 Å². The highest BCUT2D eigenvalue weighted by Gasteiger charge is 2.36. The van der Waals surface area contributed by atoms with Crippen LogP contribution >= 0.6 is 0 Å². The zero-order valence-corrected chi connectivity index (χ0v) is 12.3. The fraction of sp³-hybridized carbons (Fsp3) is 0.625. The van der Waals surface area contributed by atoms with Crippen molar-refractivity contribution < 1.29 is 9.90 Å². The number of aliphatic carboxylic acids is 1. The number of aromatic nitrogens is 1. The van der Waals surface area contributed by atoms with Crippen LogP contribution in [0.5, 0.6) is 0 Å². The van der Waals surface area contributed by atoms with Crippen LogP contribution < -0.4 is 0 Å². The lowest BCUT2D eigenvalue weighted by Crippen LogP contribution is -2.46. The van der Waals surface area contributed by atoms with Crippen LogP contribution in [-0.2, 0) is 11.3 Å². The van der Waals surface area contributed by atoms with E-state index in [4.69, 9.17) is 0 Å². The molecule has 1 aromatic heterocycles. The molecule has 1 aliphatic rings. The molecule has 3 unspecified atom stereocenters. The Balaban J connectivity index is 2.12. The maximum absolute atomic E-state index is 11.5. The molecule has 2 rings (SSSR count). The second-order valence-electron chi connectivity index (χ2n) is 5.81. The predicted octanol–water partition coefficient (Wildman–Crippen LogP) is 2.79. The Morgan fingerprint density at radius 2 is 2.25 bits per heavy atom. The van der Waals surface area contributed by atoms with Crippen LogP contribution in [0.25, 0.3) is 0 Å². The molecule has 1 saturated carbocycles. The second kappa shape index (κ2) is 6.84. The van der Waals surface area contributed by atoms with Gasteiger partial charge in [-0.25, -0.2) is 0 Å². The molecule has 1 aliphatic carbocycles. The van der Waals surface area contributed by atoms with Gasteiger partial charge in [0.2, 0.25) is 0 Å². The molecule has 0 aliphatic heterocycles. The quantitative estimate of drug-likeness (QED) is 0.898. The van der Waals surface area contributed by atoms with Gasteiger partial charge < -0.3 is 5.11 Å². The number of hydrogen-bond acceptors (Lipinski definition) is 3. The molecule has 1 fully saturated rings. The van der Waals surface area contributed by atoms with Gasteiger partial charge in [-0.3, -0.25) is 14.7 Å². The Labute approximate surface area is 120 Å². The lowest BCUT2D eigenvalue weighted by molar-refractivity contribution is -0.146. The van der Waals surface area contributed by atoms with Gasteiger partial charge in [-0.1, -0.05) is 19.9 Å². The van der Waals surface area contributed by atoms with Crippen LogP contribution in [0.3, 0.4) is 0 Å². The number of pyridine rings is 1. The van der Waals surface area contributed by atoms with Crippen LogP contribution in [-0.4, -0.2) is 33.5 Å². The third kappa shape index (κ3) is 3.57. The molecular weight excluding hydrogens is 252 g/mol. The van der Waals surface area contributed by atoms with Crippen molar-refractivity contribution in [2.75, 3.05) is 6.54 Å².